The second kappa shape index (κ2) is 8.70. The summed E-state index contributed by atoms with van der Waals surface area (Å²) < 4.78 is 36.9. The van der Waals surface area contributed by atoms with Crippen LogP contribution in [0.2, 0.25) is 0 Å². The summed E-state index contributed by atoms with van der Waals surface area (Å²) in [5, 5.41) is 3.07. The van der Waals surface area contributed by atoms with Crippen LogP contribution in [0.25, 0.3) is 16.9 Å². The van der Waals surface area contributed by atoms with Crippen molar-refractivity contribution in [2.45, 2.75) is 25.4 Å². The molecule has 1 N–H and O–H groups in total. The second-order valence-corrected chi connectivity index (χ2v) is 8.91. The molecule has 35 heavy (non-hydrogen) atoms. The van der Waals surface area contributed by atoms with E-state index >= 15 is 0 Å². The molecule has 0 amide bonds. The van der Waals surface area contributed by atoms with Crippen LogP contribution in [0.15, 0.2) is 49.2 Å². The Morgan fingerprint density at radius 3 is 2.69 bits per heavy atom. The van der Waals surface area contributed by atoms with Gasteiger partial charge in [-0.15, -0.1) is 0 Å². The summed E-state index contributed by atoms with van der Waals surface area (Å²) in [5.74, 6) is -0.519. The first-order chi connectivity index (χ1) is 17.0. The van der Waals surface area contributed by atoms with Crippen molar-refractivity contribution in [3.05, 3.63) is 72.2 Å². The first-order valence-corrected chi connectivity index (χ1v) is 11.5. The van der Waals surface area contributed by atoms with Gasteiger partial charge in [-0.05, 0) is 57.2 Å². The van der Waals surface area contributed by atoms with Crippen LogP contribution in [0, 0.1) is 11.6 Å². The number of rotatable bonds is 4. The topological polar surface area (TPSA) is 81.0 Å². The molecule has 8 nitrogen and oxygen atoms in total. The van der Waals surface area contributed by atoms with E-state index in [9.17, 15) is 8.78 Å². The van der Waals surface area contributed by atoms with Crippen molar-refractivity contribution < 1.29 is 13.5 Å². The Morgan fingerprint density at radius 2 is 1.89 bits per heavy atom. The van der Waals surface area contributed by atoms with E-state index in [1.807, 2.05) is 12.1 Å². The zero-order valence-corrected chi connectivity index (χ0v) is 19.1. The maximum Gasteiger partial charge on any atom is 0.227 e. The molecule has 1 aromatic carbocycles. The highest BCUT2D eigenvalue weighted by Crippen LogP contribution is 2.36. The number of imidazole rings is 1. The third kappa shape index (κ3) is 4.10. The van der Waals surface area contributed by atoms with Gasteiger partial charge in [0.2, 0.25) is 5.95 Å². The Hall–Kier alpha value is -3.92. The summed E-state index contributed by atoms with van der Waals surface area (Å²) in [6, 6.07) is 6.78. The van der Waals surface area contributed by atoms with Crippen LogP contribution >= 0.6 is 0 Å². The normalized spacial score (nSPS) is 15.9. The molecule has 0 spiro atoms. The highest BCUT2D eigenvalue weighted by molar-refractivity contribution is 5.68. The van der Waals surface area contributed by atoms with Gasteiger partial charge in [-0.3, -0.25) is 9.55 Å². The molecule has 0 atom stereocenters. The number of hydrogen-bond acceptors (Lipinski definition) is 7. The quantitative estimate of drug-likeness (QED) is 0.467. The summed E-state index contributed by atoms with van der Waals surface area (Å²) in [6.45, 7) is 2.34. The lowest BCUT2D eigenvalue weighted by molar-refractivity contribution is 0.253. The summed E-state index contributed by atoms with van der Waals surface area (Å²) in [4.78, 5) is 19.4. The zero-order valence-electron chi connectivity index (χ0n) is 19.1. The predicted octanol–water partition coefficient (Wildman–Crippen LogP) is 4.45. The van der Waals surface area contributed by atoms with Crippen LogP contribution in [-0.4, -0.2) is 49.5 Å². The van der Waals surface area contributed by atoms with Gasteiger partial charge in [-0.25, -0.2) is 23.7 Å². The highest BCUT2D eigenvalue weighted by atomic mass is 19.1. The molecule has 1 fully saturated rings. The van der Waals surface area contributed by atoms with E-state index in [2.05, 4.69) is 37.2 Å². The van der Waals surface area contributed by atoms with Crippen molar-refractivity contribution in [2.75, 3.05) is 25.5 Å². The van der Waals surface area contributed by atoms with Gasteiger partial charge in [0.25, 0.3) is 0 Å². The molecule has 4 aromatic rings. The first-order valence-electron chi connectivity index (χ1n) is 11.5. The van der Waals surface area contributed by atoms with Crippen LogP contribution in [-0.2, 0) is 6.61 Å². The minimum atomic E-state index is -0.659. The molecule has 3 aromatic heterocycles. The van der Waals surface area contributed by atoms with Crippen LogP contribution in [0.3, 0.4) is 0 Å². The van der Waals surface area contributed by atoms with E-state index in [1.54, 1.807) is 29.4 Å². The second-order valence-electron chi connectivity index (χ2n) is 8.91. The molecular formula is C25H23F2N7O. The van der Waals surface area contributed by atoms with Crippen molar-refractivity contribution >= 4 is 11.6 Å². The maximum absolute atomic E-state index is 14.9. The summed E-state index contributed by atoms with van der Waals surface area (Å²) in [5.41, 5.74) is 3.22. The molecule has 0 aliphatic carbocycles. The largest absolute Gasteiger partial charge is 0.482 e. The smallest absolute Gasteiger partial charge is 0.227 e. The van der Waals surface area contributed by atoms with Gasteiger partial charge in [0, 0.05) is 17.2 Å². The van der Waals surface area contributed by atoms with E-state index in [-0.39, 0.29) is 29.6 Å². The zero-order chi connectivity index (χ0) is 23.9. The number of hydrogen-bond donors (Lipinski definition) is 1. The molecule has 0 unspecified atom stereocenters. The standard InChI is InChI=1S/C25H23F2N7O/c1-33-6-4-15(5-7-33)21-3-2-17(10-29-21)31-25-30-12-20(27)23(32-25)16-8-19(26)24-22(9-16)34-14-28-11-18(34)13-35-24/h2-3,8-12,14-15H,4-7,13H2,1H3,(H,30,31,32). The number of benzene rings is 1. The fourth-order valence-electron chi connectivity index (χ4n) is 4.61. The Morgan fingerprint density at radius 1 is 1.03 bits per heavy atom. The average molecular weight is 476 g/mol. The number of aromatic nitrogens is 5. The van der Waals surface area contributed by atoms with E-state index in [1.165, 1.54) is 6.07 Å². The SMILES string of the molecule is CN1CCC(c2ccc(Nc3ncc(F)c(-c4cc(F)c5c(c4)-n4cncc4CO5)n3)cn2)CC1. The third-order valence-electron chi connectivity index (χ3n) is 6.56. The molecule has 10 heteroatoms. The van der Waals surface area contributed by atoms with Crippen molar-refractivity contribution in [1.82, 2.24) is 29.4 Å². The van der Waals surface area contributed by atoms with Gasteiger partial charge in [0.05, 0.1) is 42.0 Å². The Labute approximate surface area is 200 Å². The predicted molar refractivity (Wildman–Crippen MR) is 126 cm³/mol. The average Bonchev–Trinajstić information content (AvgIpc) is 3.36. The van der Waals surface area contributed by atoms with Gasteiger partial charge in [0.15, 0.2) is 17.4 Å². The molecule has 178 valence electrons. The number of fused-ring (bicyclic) bond motifs is 3. The van der Waals surface area contributed by atoms with Gasteiger partial charge >= 0.3 is 0 Å². The van der Waals surface area contributed by atoms with Crippen molar-refractivity contribution in [2.24, 2.45) is 0 Å². The fraction of sp³-hybridized carbons (Fsp3) is 0.280. The minimum Gasteiger partial charge on any atom is -0.482 e. The van der Waals surface area contributed by atoms with Crippen molar-refractivity contribution in [1.29, 1.82) is 0 Å². The van der Waals surface area contributed by atoms with Gasteiger partial charge < -0.3 is 15.0 Å². The van der Waals surface area contributed by atoms with E-state index in [0.717, 1.165) is 43.5 Å². The van der Waals surface area contributed by atoms with Crippen LogP contribution < -0.4 is 10.1 Å². The first kappa shape index (κ1) is 21.6. The molecule has 0 radical (unpaired) electrons. The molecule has 2 aliphatic heterocycles. The lowest BCUT2D eigenvalue weighted by atomic mass is 9.93. The van der Waals surface area contributed by atoms with E-state index < -0.39 is 11.6 Å². The molecular weight excluding hydrogens is 452 g/mol. The lowest BCUT2D eigenvalue weighted by Crippen LogP contribution is -2.29. The Kier molecular flexibility index (Phi) is 5.37. The summed E-state index contributed by atoms with van der Waals surface area (Å²) in [6.07, 6.45) is 8.20. The van der Waals surface area contributed by atoms with Gasteiger partial charge in [0.1, 0.15) is 12.3 Å². The monoisotopic (exact) mass is 475 g/mol. The van der Waals surface area contributed by atoms with Crippen LogP contribution in [0.5, 0.6) is 5.75 Å². The Bertz CT molecular complexity index is 1380. The maximum atomic E-state index is 14.9. The molecule has 0 bridgehead atoms. The number of anilines is 2. The molecule has 1 saturated heterocycles. The number of nitrogens with zero attached hydrogens (tertiary/aromatic N) is 6. The van der Waals surface area contributed by atoms with Crippen LogP contribution in [0.4, 0.5) is 20.4 Å². The molecule has 6 rings (SSSR count). The van der Waals surface area contributed by atoms with Crippen molar-refractivity contribution in [3.63, 3.8) is 0 Å². The lowest BCUT2D eigenvalue weighted by Gasteiger charge is -2.28. The van der Waals surface area contributed by atoms with E-state index in [0.29, 0.717) is 17.3 Å². The number of likely N-dealkylation sites (tertiary alicyclic amines) is 1. The third-order valence-corrected chi connectivity index (χ3v) is 6.56. The van der Waals surface area contributed by atoms with Crippen molar-refractivity contribution in [3.8, 4) is 22.7 Å². The molecule has 0 saturated carbocycles. The summed E-state index contributed by atoms with van der Waals surface area (Å²) >= 11 is 0. The highest BCUT2D eigenvalue weighted by Gasteiger charge is 2.23. The van der Waals surface area contributed by atoms with Gasteiger partial charge in [-0.1, -0.05) is 0 Å². The van der Waals surface area contributed by atoms with E-state index in [4.69, 9.17) is 4.74 Å². The van der Waals surface area contributed by atoms with Gasteiger partial charge in [-0.2, -0.15) is 0 Å². The molecule has 5 heterocycles. The number of pyridine rings is 1. The number of halogens is 2. The number of nitrogens with one attached hydrogen (secondary N) is 1. The minimum absolute atomic E-state index is 0.0210. The number of piperidine rings is 1. The Balaban J connectivity index is 1.27. The fourth-order valence-corrected chi connectivity index (χ4v) is 4.61. The van der Waals surface area contributed by atoms with Crippen LogP contribution in [0.1, 0.15) is 30.1 Å². The number of ether oxygens (including phenoxy) is 1. The molecule has 2 aliphatic rings. The summed E-state index contributed by atoms with van der Waals surface area (Å²) in [7, 11) is 2.13.